The van der Waals surface area contributed by atoms with Crippen molar-refractivity contribution in [1.82, 2.24) is 16.0 Å². The van der Waals surface area contributed by atoms with E-state index in [1.165, 1.54) is 0 Å². The highest BCUT2D eigenvalue weighted by Crippen LogP contribution is 2.52. The second kappa shape index (κ2) is 9.65. The maximum atomic E-state index is 11.7. The van der Waals surface area contributed by atoms with Crippen molar-refractivity contribution in [3.8, 4) is 11.8 Å². The fourth-order valence-electron chi connectivity index (χ4n) is 3.14. The monoisotopic (exact) mass is 365 g/mol. The van der Waals surface area contributed by atoms with Gasteiger partial charge in [-0.05, 0) is 30.6 Å². The highest BCUT2D eigenvalue weighted by Gasteiger charge is 2.49. The second-order valence-electron chi connectivity index (χ2n) is 6.32. The minimum Gasteiger partial charge on any atom is -0.480 e. The average Bonchev–Trinajstić information content (AvgIpc) is 3.23. The molecule has 9 heteroatoms. The van der Waals surface area contributed by atoms with Crippen LogP contribution in [0.15, 0.2) is 0 Å². The Kier molecular flexibility index (Phi) is 7.26. The van der Waals surface area contributed by atoms with E-state index in [2.05, 4.69) is 27.8 Å². The first-order chi connectivity index (χ1) is 12.5. The molecule has 0 bridgehead atoms. The molecule has 1 fully saturated rings. The van der Waals surface area contributed by atoms with Gasteiger partial charge in [0.2, 0.25) is 11.8 Å². The number of carboxylic acids is 1. The molecule has 2 aliphatic rings. The van der Waals surface area contributed by atoms with Crippen molar-refractivity contribution >= 4 is 23.9 Å². The minimum atomic E-state index is -1.18. The lowest BCUT2D eigenvalue weighted by Gasteiger charge is -2.08. The topological polar surface area (TPSA) is 134 Å². The van der Waals surface area contributed by atoms with E-state index in [1.54, 1.807) is 0 Å². The Labute approximate surface area is 151 Å². The zero-order valence-electron chi connectivity index (χ0n) is 14.4. The molecule has 0 aromatic heterocycles. The second-order valence-corrected chi connectivity index (χ2v) is 6.32. The van der Waals surface area contributed by atoms with Crippen molar-refractivity contribution < 1.29 is 29.0 Å². The van der Waals surface area contributed by atoms with E-state index in [-0.39, 0.29) is 13.1 Å². The molecule has 0 aliphatic heterocycles. The van der Waals surface area contributed by atoms with E-state index in [4.69, 9.17) is 9.84 Å². The lowest BCUT2D eigenvalue weighted by molar-refractivity contribution is -0.137. The van der Waals surface area contributed by atoms with Gasteiger partial charge in [0.15, 0.2) is 0 Å². The molecule has 4 N–H and O–H groups in total. The van der Waals surface area contributed by atoms with Gasteiger partial charge in [-0.1, -0.05) is 0 Å². The molecule has 3 atom stereocenters. The predicted octanol–water partition coefficient (Wildman–Crippen LogP) is -0.531. The molecule has 26 heavy (non-hydrogen) atoms. The predicted molar refractivity (Wildman–Crippen MR) is 89.7 cm³/mol. The summed E-state index contributed by atoms with van der Waals surface area (Å²) in [5.74, 6) is 5.39. The molecule has 0 aromatic rings. The number of alkyl carbamates (subject to hydrolysis) is 1. The molecule has 2 aliphatic carbocycles. The van der Waals surface area contributed by atoms with Crippen LogP contribution in [-0.2, 0) is 19.1 Å². The van der Waals surface area contributed by atoms with Gasteiger partial charge in [0, 0.05) is 12.8 Å². The van der Waals surface area contributed by atoms with Gasteiger partial charge in [-0.3, -0.25) is 14.4 Å². The number of nitrogens with one attached hydrogen (secondary N) is 3. The van der Waals surface area contributed by atoms with Gasteiger partial charge in [0.1, 0.15) is 13.1 Å². The molecule has 3 amide bonds. The van der Waals surface area contributed by atoms with Crippen molar-refractivity contribution in [3.05, 3.63) is 0 Å². The van der Waals surface area contributed by atoms with Gasteiger partial charge < -0.3 is 25.8 Å². The summed E-state index contributed by atoms with van der Waals surface area (Å²) in [6.45, 7) is -0.873. The minimum absolute atomic E-state index is 0.323. The maximum Gasteiger partial charge on any atom is 0.407 e. The van der Waals surface area contributed by atoms with Crippen LogP contribution >= 0.6 is 0 Å². The van der Waals surface area contributed by atoms with Gasteiger partial charge in [0.05, 0.1) is 13.2 Å². The fourth-order valence-corrected chi connectivity index (χ4v) is 3.14. The van der Waals surface area contributed by atoms with Crippen LogP contribution in [0.5, 0.6) is 0 Å². The van der Waals surface area contributed by atoms with E-state index in [9.17, 15) is 19.2 Å². The number of carboxylic acid groups (broad SMARTS) is 1. The number of ether oxygens (including phenoxy) is 1. The molecule has 0 spiro atoms. The van der Waals surface area contributed by atoms with Crippen molar-refractivity contribution in [2.45, 2.75) is 25.7 Å². The molecule has 0 radical (unpaired) electrons. The molecule has 0 aromatic carbocycles. The Bertz CT molecular complexity index is 606. The molecule has 0 heterocycles. The number of aliphatic carboxylic acids is 1. The summed E-state index contributed by atoms with van der Waals surface area (Å²) in [7, 11) is 0. The molecule has 1 unspecified atom stereocenters. The van der Waals surface area contributed by atoms with Gasteiger partial charge in [0.25, 0.3) is 0 Å². The summed E-state index contributed by atoms with van der Waals surface area (Å²) in [6.07, 6.45) is 3.19. The first kappa shape index (κ1) is 19.6. The Morgan fingerprint density at radius 3 is 2.00 bits per heavy atom. The Morgan fingerprint density at radius 1 is 0.885 bits per heavy atom. The van der Waals surface area contributed by atoms with Gasteiger partial charge in [-0.2, -0.15) is 0 Å². The lowest BCUT2D eigenvalue weighted by atomic mass is 10.1. The largest absolute Gasteiger partial charge is 0.480 e. The smallest absolute Gasteiger partial charge is 0.407 e. The van der Waals surface area contributed by atoms with Gasteiger partial charge in [-0.25, -0.2) is 4.79 Å². The summed E-state index contributed by atoms with van der Waals surface area (Å²) in [6, 6.07) is 0. The number of hydrogen-bond acceptors (Lipinski definition) is 5. The summed E-state index contributed by atoms with van der Waals surface area (Å²) in [5.41, 5.74) is 0. The number of amides is 3. The third kappa shape index (κ3) is 6.63. The Hall–Kier alpha value is -2.76. The van der Waals surface area contributed by atoms with Gasteiger partial charge in [-0.15, -0.1) is 11.8 Å². The quantitative estimate of drug-likeness (QED) is 0.427. The summed E-state index contributed by atoms with van der Waals surface area (Å²) in [5, 5.41) is 15.1. The third-order valence-electron chi connectivity index (χ3n) is 4.52. The molecular weight excluding hydrogens is 342 g/mol. The standard InChI is InChI=1S/C17H23N3O6/c21-14(19-9-16(23)24)7-18-15(22)8-20-17(25)26-10-13-11-5-3-1-2-4-6-12(11)13/h11-13H,3-10H2,(H,18,22)(H,19,21)(H,20,25)(H,23,24)/t11-,12+,13?. The Morgan fingerprint density at radius 2 is 1.42 bits per heavy atom. The van der Waals surface area contributed by atoms with Crippen LogP contribution in [0.3, 0.4) is 0 Å². The zero-order chi connectivity index (χ0) is 18.9. The van der Waals surface area contributed by atoms with Gasteiger partial charge >= 0.3 is 12.1 Å². The molecule has 9 nitrogen and oxygen atoms in total. The number of rotatable bonds is 8. The van der Waals surface area contributed by atoms with Crippen LogP contribution in [-0.4, -0.2) is 55.2 Å². The fraction of sp³-hybridized carbons (Fsp3) is 0.647. The molecular formula is C17H23N3O6. The van der Waals surface area contributed by atoms with Crippen LogP contribution in [0.4, 0.5) is 4.79 Å². The van der Waals surface area contributed by atoms with Crippen molar-refractivity contribution in [2.75, 3.05) is 26.2 Å². The molecule has 142 valence electrons. The van der Waals surface area contributed by atoms with Crippen molar-refractivity contribution in [2.24, 2.45) is 17.8 Å². The van der Waals surface area contributed by atoms with E-state index in [1.807, 2.05) is 0 Å². The van der Waals surface area contributed by atoms with Crippen LogP contribution in [0, 0.1) is 29.6 Å². The average molecular weight is 365 g/mol. The summed E-state index contributed by atoms with van der Waals surface area (Å²) < 4.78 is 5.17. The SMILES string of the molecule is O=C(O)CNC(=O)CNC(=O)CNC(=O)OCC1[C@H]2CCC#CCC[C@@H]12. The van der Waals surface area contributed by atoms with Crippen LogP contribution in [0.2, 0.25) is 0 Å². The summed E-state index contributed by atoms with van der Waals surface area (Å²) >= 11 is 0. The highest BCUT2D eigenvalue weighted by molar-refractivity contribution is 5.88. The molecule has 1 saturated carbocycles. The number of fused-ring (bicyclic) bond motifs is 1. The normalized spacial score (nSPS) is 23.0. The first-order valence-corrected chi connectivity index (χ1v) is 8.59. The van der Waals surface area contributed by atoms with Crippen LogP contribution < -0.4 is 16.0 Å². The summed E-state index contributed by atoms with van der Waals surface area (Å²) in [4.78, 5) is 44.7. The Balaban J connectivity index is 1.54. The number of hydrogen-bond donors (Lipinski definition) is 4. The highest BCUT2D eigenvalue weighted by atomic mass is 16.5. The van der Waals surface area contributed by atoms with Crippen molar-refractivity contribution in [1.29, 1.82) is 0 Å². The lowest BCUT2D eigenvalue weighted by Crippen LogP contribution is -2.43. The van der Waals surface area contributed by atoms with E-state index in [0.29, 0.717) is 24.4 Å². The first-order valence-electron chi connectivity index (χ1n) is 8.59. The molecule has 2 rings (SSSR count). The zero-order valence-corrected chi connectivity index (χ0v) is 14.4. The van der Waals surface area contributed by atoms with E-state index < -0.39 is 30.4 Å². The van der Waals surface area contributed by atoms with E-state index >= 15 is 0 Å². The van der Waals surface area contributed by atoms with Crippen LogP contribution in [0.25, 0.3) is 0 Å². The third-order valence-corrected chi connectivity index (χ3v) is 4.52. The van der Waals surface area contributed by atoms with Crippen molar-refractivity contribution in [3.63, 3.8) is 0 Å². The number of carbonyl (C=O) groups is 4. The van der Waals surface area contributed by atoms with Crippen LogP contribution in [0.1, 0.15) is 25.7 Å². The van der Waals surface area contributed by atoms with E-state index in [0.717, 1.165) is 25.7 Å². The molecule has 0 saturated heterocycles. The maximum absolute atomic E-state index is 11.7. The number of carbonyl (C=O) groups excluding carboxylic acids is 3.